The Hall–Kier alpha value is -0.130. The summed E-state index contributed by atoms with van der Waals surface area (Å²) in [6.45, 7) is -0.0288. The molecule has 0 aromatic carbocycles. The SMILES string of the molecule is CC1(O)OC(CO)C2(O)OP3(=O)OC1(O)C2(O)O3. The van der Waals surface area contributed by atoms with Crippen LogP contribution in [-0.4, -0.2) is 61.4 Å². The van der Waals surface area contributed by atoms with E-state index < -0.39 is 43.7 Å². The highest BCUT2D eigenvalue weighted by atomic mass is 31.2. The molecule has 3 fully saturated rings. The molecule has 3 heterocycles. The van der Waals surface area contributed by atoms with E-state index >= 15 is 0 Å². The molecule has 2 bridgehead atoms. The maximum absolute atomic E-state index is 11.8. The van der Waals surface area contributed by atoms with Crippen molar-refractivity contribution in [1.29, 1.82) is 0 Å². The van der Waals surface area contributed by atoms with Crippen molar-refractivity contribution in [2.75, 3.05) is 6.61 Å². The molecule has 3 aliphatic rings. The van der Waals surface area contributed by atoms with Crippen LogP contribution in [0.4, 0.5) is 0 Å². The summed E-state index contributed by atoms with van der Waals surface area (Å²) >= 11 is 0. The van der Waals surface area contributed by atoms with Gasteiger partial charge in [0.25, 0.3) is 17.4 Å². The van der Waals surface area contributed by atoms with Gasteiger partial charge in [0.1, 0.15) is 6.10 Å². The Bertz CT molecular complexity index is 465. The highest BCUT2D eigenvalue weighted by molar-refractivity contribution is 7.49. The summed E-state index contributed by atoms with van der Waals surface area (Å²) in [5.41, 5.74) is 0. The molecule has 11 heteroatoms. The molecule has 10 nitrogen and oxygen atoms in total. The monoisotopic (exact) mass is 286 g/mol. The molecule has 0 aromatic rings. The molecule has 0 spiro atoms. The molecular formula is C7H11O10P. The van der Waals surface area contributed by atoms with E-state index in [9.17, 15) is 25.0 Å². The maximum Gasteiger partial charge on any atom is 0.483 e. The van der Waals surface area contributed by atoms with E-state index in [1.165, 1.54) is 0 Å². The second-order valence-corrected chi connectivity index (χ2v) is 5.92. The summed E-state index contributed by atoms with van der Waals surface area (Å²) in [6.07, 6.45) is -1.71. The second-order valence-electron chi connectivity index (χ2n) is 4.48. The molecule has 5 N–H and O–H groups in total. The standard InChI is InChI=1S/C7H11O10P/c1-4(9)6(11)7(12)5(10,3(2-8)14-4)15-18(13,16-6)17-7/h3,8-12H,2H2,1H3. The fourth-order valence-electron chi connectivity index (χ4n) is 2.32. The summed E-state index contributed by atoms with van der Waals surface area (Å²) in [5.74, 6) is -11.5. The minimum absolute atomic E-state index is 0.880. The van der Waals surface area contributed by atoms with E-state index in [-0.39, 0.29) is 0 Å². The summed E-state index contributed by atoms with van der Waals surface area (Å²) < 4.78 is 30.1. The van der Waals surface area contributed by atoms with Crippen molar-refractivity contribution < 1.29 is 48.4 Å². The van der Waals surface area contributed by atoms with Crippen LogP contribution in [0.2, 0.25) is 0 Å². The predicted molar refractivity (Wildman–Crippen MR) is 48.3 cm³/mol. The van der Waals surface area contributed by atoms with Crippen molar-refractivity contribution in [3.63, 3.8) is 0 Å². The zero-order chi connectivity index (χ0) is 13.6. The van der Waals surface area contributed by atoms with Gasteiger partial charge in [-0.25, -0.2) is 18.1 Å². The number of aliphatic hydroxyl groups is 5. The van der Waals surface area contributed by atoms with Crippen LogP contribution in [0, 0.1) is 0 Å². The number of phosphoric acid groups is 1. The highest BCUT2D eigenvalue weighted by Gasteiger charge is 2.92. The Morgan fingerprint density at radius 3 is 2.17 bits per heavy atom. The number of phosphoric ester groups is 1. The van der Waals surface area contributed by atoms with Crippen LogP contribution in [-0.2, 0) is 22.9 Å². The van der Waals surface area contributed by atoms with Crippen LogP contribution >= 0.6 is 7.82 Å². The van der Waals surface area contributed by atoms with Crippen molar-refractivity contribution in [2.45, 2.75) is 36.2 Å². The summed E-state index contributed by atoms with van der Waals surface area (Å²) in [4.78, 5) is 0. The van der Waals surface area contributed by atoms with Crippen LogP contribution in [0.5, 0.6) is 0 Å². The zero-order valence-electron chi connectivity index (χ0n) is 9.01. The maximum atomic E-state index is 11.8. The van der Waals surface area contributed by atoms with Gasteiger partial charge in [0.2, 0.25) is 5.79 Å². The lowest BCUT2D eigenvalue weighted by atomic mass is 9.83. The lowest BCUT2D eigenvalue weighted by Gasteiger charge is -2.55. The zero-order valence-corrected chi connectivity index (χ0v) is 9.90. The van der Waals surface area contributed by atoms with E-state index in [0.717, 1.165) is 6.92 Å². The molecule has 6 atom stereocenters. The third kappa shape index (κ3) is 1.05. The van der Waals surface area contributed by atoms with E-state index in [1.807, 2.05) is 0 Å². The first kappa shape index (κ1) is 12.9. The highest BCUT2D eigenvalue weighted by Crippen LogP contribution is 2.77. The molecule has 3 aliphatic heterocycles. The van der Waals surface area contributed by atoms with Gasteiger partial charge < -0.3 is 30.3 Å². The Morgan fingerprint density at radius 1 is 1.11 bits per heavy atom. The molecule has 0 amide bonds. The van der Waals surface area contributed by atoms with Gasteiger partial charge in [-0.3, -0.25) is 0 Å². The average Bonchev–Trinajstić information content (AvgIpc) is 2.55. The Kier molecular flexibility index (Phi) is 2.12. The van der Waals surface area contributed by atoms with Gasteiger partial charge in [-0.15, -0.1) is 0 Å². The van der Waals surface area contributed by atoms with Crippen LogP contribution < -0.4 is 0 Å². The van der Waals surface area contributed by atoms with Gasteiger partial charge in [0.05, 0.1) is 6.61 Å². The fourth-order valence-corrected chi connectivity index (χ4v) is 4.21. The van der Waals surface area contributed by atoms with Crippen molar-refractivity contribution in [3.05, 3.63) is 0 Å². The summed E-state index contributed by atoms with van der Waals surface area (Å²) in [5, 5.41) is 49.3. The second kappa shape index (κ2) is 2.96. The molecule has 6 unspecified atom stereocenters. The molecule has 104 valence electrons. The molecule has 0 saturated carbocycles. The lowest BCUT2D eigenvalue weighted by Crippen LogP contribution is -2.83. The van der Waals surface area contributed by atoms with Gasteiger partial charge in [-0.2, -0.15) is 0 Å². The minimum Gasteiger partial charge on any atom is -0.393 e. The Labute approximate surface area is 99.9 Å². The molecule has 18 heavy (non-hydrogen) atoms. The first-order valence-electron chi connectivity index (χ1n) is 4.94. The predicted octanol–water partition coefficient (Wildman–Crippen LogP) is -2.66. The van der Waals surface area contributed by atoms with Gasteiger partial charge in [0, 0.05) is 0 Å². The van der Waals surface area contributed by atoms with Gasteiger partial charge >= 0.3 is 7.82 Å². The number of hydrogen-bond acceptors (Lipinski definition) is 10. The number of fused-ring (bicyclic) bond motifs is 1. The minimum atomic E-state index is -4.48. The average molecular weight is 286 g/mol. The number of ether oxygens (including phenoxy) is 1. The van der Waals surface area contributed by atoms with Crippen molar-refractivity contribution >= 4 is 7.82 Å². The van der Waals surface area contributed by atoms with Crippen molar-refractivity contribution in [2.24, 2.45) is 0 Å². The third-order valence-electron chi connectivity index (χ3n) is 3.29. The normalized spacial score (nSPS) is 66.4. The first-order chi connectivity index (χ1) is 8.04. The van der Waals surface area contributed by atoms with Crippen LogP contribution in [0.1, 0.15) is 6.92 Å². The number of aliphatic hydroxyl groups excluding tert-OH is 1. The van der Waals surface area contributed by atoms with Gasteiger partial charge in [0.15, 0.2) is 0 Å². The molecule has 3 rings (SSSR count). The van der Waals surface area contributed by atoms with Crippen LogP contribution in [0.25, 0.3) is 0 Å². The number of rotatable bonds is 1. The van der Waals surface area contributed by atoms with Gasteiger partial charge in [-0.05, 0) is 6.92 Å². The largest absolute Gasteiger partial charge is 0.483 e. The van der Waals surface area contributed by atoms with E-state index in [4.69, 9.17) is 9.84 Å². The first-order valence-corrected chi connectivity index (χ1v) is 6.40. The van der Waals surface area contributed by atoms with E-state index in [2.05, 4.69) is 13.6 Å². The molecule has 0 aliphatic carbocycles. The molecular weight excluding hydrogens is 275 g/mol. The van der Waals surface area contributed by atoms with Gasteiger partial charge in [-0.1, -0.05) is 0 Å². The molecule has 3 saturated heterocycles. The Balaban J connectivity index is 2.23. The van der Waals surface area contributed by atoms with Crippen molar-refractivity contribution in [1.82, 2.24) is 0 Å². The molecule has 0 radical (unpaired) electrons. The summed E-state index contributed by atoms with van der Waals surface area (Å²) in [6, 6.07) is 0. The lowest BCUT2D eigenvalue weighted by molar-refractivity contribution is -0.527. The summed E-state index contributed by atoms with van der Waals surface area (Å²) in [7, 11) is -4.48. The third-order valence-corrected chi connectivity index (χ3v) is 4.76. The van der Waals surface area contributed by atoms with E-state index in [1.54, 1.807) is 0 Å². The van der Waals surface area contributed by atoms with E-state index in [0.29, 0.717) is 0 Å². The van der Waals surface area contributed by atoms with Crippen LogP contribution in [0.3, 0.4) is 0 Å². The van der Waals surface area contributed by atoms with Crippen molar-refractivity contribution in [3.8, 4) is 0 Å². The van der Waals surface area contributed by atoms with Crippen LogP contribution in [0.15, 0.2) is 0 Å². The quantitative estimate of drug-likeness (QED) is 0.322. The topological polar surface area (TPSA) is 155 Å². The smallest absolute Gasteiger partial charge is 0.393 e. The Morgan fingerprint density at radius 2 is 1.67 bits per heavy atom. The number of hydrogen-bond donors (Lipinski definition) is 5. The fraction of sp³-hybridized carbons (Fsp3) is 1.00. The molecule has 0 aromatic heterocycles.